The van der Waals surface area contributed by atoms with Gasteiger partial charge in [-0.2, -0.15) is 0 Å². The molecule has 0 amide bonds. The molecule has 110 valence electrons. The predicted octanol–water partition coefficient (Wildman–Crippen LogP) is 4.64. The maximum atomic E-state index is 11.3. The first-order chi connectivity index (χ1) is 10.0. The highest BCUT2D eigenvalue weighted by Gasteiger charge is 2.11. The summed E-state index contributed by atoms with van der Waals surface area (Å²) in [5.74, 6) is 0.0914. The van der Waals surface area contributed by atoms with Crippen LogP contribution in [0, 0.1) is 0 Å². The van der Waals surface area contributed by atoms with E-state index in [4.69, 9.17) is 32.7 Å². The van der Waals surface area contributed by atoms with Gasteiger partial charge in [-0.15, -0.1) is 0 Å². The van der Waals surface area contributed by atoms with Crippen molar-refractivity contribution in [3.63, 3.8) is 0 Å². The van der Waals surface area contributed by atoms with Crippen molar-refractivity contribution in [3.05, 3.63) is 52.5 Å². The number of esters is 1. The number of hydrogen-bond donors (Lipinski definition) is 0. The van der Waals surface area contributed by atoms with Gasteiger partial charge in [0.05, 0.1) is 10.0 Å². The molecule has 2 aromatic rings. The fourth-order valence-corrected chi connectivity index (χ4v) is 2.42. The molecule has 0 aliphatic heterocycles. The van der Waals surface area contributed by atoms with Crippen LogP contribution in [0.4, 0.5) is 0 Å². The number of halogens is 2. The Bertz CT molecular complexity index is 695. The number of rotatable bonds is 5. The molecule has 0 atom stereocenters. The second-order valence-corrected chi connectivity index (χ2v) is 5.29. The largest absolute Gasteiger partial charge is 0.488 e. The summed E-state index contributed by atoms with van der Waals surface area (Å²) in [6, 6.07) is 9.18. The number of ether oxygens (including phenoxy) is 2. The molecule has 0 saturated carbocycles. The molecule has 3 nitrogen and oxygen atoms in total. The average molecular weight is 325 g/mol. The van der Waals surface area contributed by atoms with E-state index in [9.17, 15) is 4.79 Å². The number of fused-ring (bicyclic) bond motifs is 1. The Balaban J connectivity index is 2.12. The lowest BCUT2D eigenvalue weighted by Crippen LogP contribution is -2.12. The van der Waals surface area contributed by atoms with Crippen molar-refractivity contribution < 1.29 is 14.3 Å². The molecule has 0 saturated heterocycles. The zero-order chi connectivity index (χ0) is 15.4. The predicted molar refractivity (Wildman–Crippen MR) is 85.2 cm³/mol. The van der Waals surface area contributed by atoms with Gasteiger partial charge >= 0.3 is 5.97 Å². The molecule has 0 spiro atoms. The molecule has 0 N–H and O–H groups in total. The third kappa shape index (κ3) is 3.69. The smallest absolute Gasteiger partial charge is 0.333 e. The van der Waals surface area contributed by atoms with Crippen LogP contribution in [-0.4, -0.2) is 19.2 Å². The zero-order valence-electron chi connectivity index (χ0n) is 11.5. The highest BCUT2D eigenvalue weighted by Crippen LogP contribution is 2.37. The molecule has 0 aromatic heterocycles. The van der Waals surface area contributed by atoms with Gasteiger partial charge < -0.3 is 9.47 Å². The van der Waals surface area contributed by atoms with Crippen LogP contribution < -0.4 is 4.74 Å². The fraction of sp³-hybridized carbons (Fsp3) is 0.188. The summed E-state index contributed by atoms with van der Waals surface area (Å²) < 4.78 is 10.6. The van der Waals surface area contributed by atoms with Gasteiger partial charge in [0.2, 0.25) is 0 Å². The minimum Gasteiger partial charge on any atom is -0.488 e. The molecule has 0 aliphatic rings. The van der Waals surface area contributed by atoms with E-state index < -0.39 is 5.97 Å². The zero-order valence-corrected chi connectivity index (χ0v) is 13.0. The fourth-order valence-electron chi connectivity index (χ4n) is 1.82. The van der Waals surface area contributed by atoms with Gasteiger partial charge in [0.1, 0.15) is 19.0 Å². The van der Waals surface area contributed by atoms with Crippen molar-refractivity contribution in [1.82, 2.24) is 0 Å². The second kappa shape index (κ2) is 6.83. The highest BCUT2D eigenvalue weighted by molar-refractivity contribution is 6.39. The topological polar surface area (TPSA) is 35.5 Å². The van der Waals surface area contributed by atoms with Crippen LogP contribution in [-0.2, 0) is 9.53 Å². The lowest BCUT2D eigenvalue weighted by Gasteiger charge is -2.12. The molecular formula is C16H14Cl2O3. The standard InChI is InChI=1S/C16H14Cl2O3/c1-10(2)16(19)21-8-7-20-15-12-6-4-3-5-11(12)13(17)9-14(15)18/h3-6,9H,1,7-8H2,2H3. The Morgan fingerprint density at radius 2 is 1.81 bits per heavy atom. The summed E-state index contributed by atoms with van der Waals surface area (Å²) in [5, 5.41) is 2.67. The molecule has 0 radical (unpaired) electrons. The van der Waals surface area contributed by atoms with Gasteiger partial charge in [0, 0.05) is 16.3 Å². The van der Waals surface area contributed by atoms with Crippen molar-refractivity contribution in [3.8, 4) is 5.75 Å². The van der Waals surface area contributed by atoms with Crippen molar-refractivity contribution in [2.45, 2.75) is 6.92 Å². The van der Waals surface area contributed by atoms with Crippen LogP contribution in [0.25, 0.3) is 10.8 Å². The Kier molecular flexibility index (Phi) is 5.10. The van der Waals surface area contributed by atoms with Crippen LogP contribution in [0.2, 0.25) is 10.0 Å². The molecule has 0 unspecified atom stereocenters. The summed E-state index contributed by atoms with van der Waals surface area (Å²) >= 11 is 12.3. The van der Waals surface area contributed by atoms with E-state index in [2.05, 4.69) is 6.58 Å². The third-order valence-corrected chi connectivity index (χ3v) is 3.40. The Hall–Kier alpha value is -1.71. The van der Waals surface area contributed by atoms with Crippen molar-refractivity contribution in [1.29, 1.82) is 0 Å². The molecule has 0 bridgehead atoms. The molecule has 21 heavy (non-hydrogen) atoms. The van der Waals surface area contributed by atoms with Crippen LogP contribution in [0.15, 0.2) is 42.5 Å². The monoisotopic (exact) mass is 324 g/mol. The van der Waals surface area contributed by atoms with E-state index in [1.54, 1.807) is 13.0 Å². The second-order valence-electron chi connectivity index (χ2n) is 4.48. The third-order valence-electron chi connectivity index (χ3n) is 2.81. The van der Waals surface area contributed by atoms with E-state index >= 15 is 0 Å². The van der Waals surface area contributed by atoms with Gasteiger partial charge in [-0.1, -0.05) is 54.0 Å². The summed E-state index contributed by atoms with van der Waals surface area (Å²) in [6.07, 6.45) is 0. The summed E-state index contributed by atoms with van der Waals surface area (Å²) in [6.45, 7) is 5.42. The van der Waals surface area contributed by atoms with Crippen molar-refractivity contribution >= 4 is 39.9 Å². The number of hydrogen-bond acceptors (Lipinski definition) is 3. The van der Waals surface area contributed by atoms with Gasteiger partial charge in [-0.25, -0.2) is 4.79 Å². The first-order valence-electron chi connectivity index (χ1n) is 6.33. The normalized spacial score (nSPS) is 10.4. The Labute approximate surface area is 133 Å². The number of benzene rings is 2. The minimum atomic E-state index is -0.439. The first kappa shape index (κ1) is 15.7. The average Bonchev–Trinajstić information content (AvgIpc) is 2.46. The van der Waals surface area contributed by atoms with E-state index in [0.29, 0.717) is 21.4 Å². The van der Waals surface area contributed by atoms with Crippen LogP contribution >= 0.6 is 23.2 Å². The van der Waals surface area contributed by atoms with Gasteiger partial charge in [0.25, 0.3) is 0 Å². The van der Waals surface area contributed by atoms with E-state index in [0.717, 1.165) is 10.8 Å². The lowest BCUT2D eigenvalue weighted by atomic mass is 10.1. The van der Waals surface area contributed by atoms with E-state index in [-0.39, 0.29) is 13.2 Å². The SMILES string of the molecule is C=C(C)C(=O)OCCOc1c(Cl)cc(Cl)c2ccccc12. The molecular weight excluding hydrogens is 311 g/mol. The van der Waals surface area contributed by atoms with E-state index in [1.165, 1.54) is 0 Å². The number of carbonyl (C=O) groups excluding carboxylic acids is 1. The molecule has 2 aromatic carbocycles. The van der Waals surface area contributed by atoms with Crippen molar-refractivity contribution in [2.75, 3.05) is 13.2 Å². The van der Waals surface area contributed by atoms with Gasteiger partial charge in [-0.05, 0) is 13.0 Å². The van der Waals surface area contributed by atoms with Crippen LogP contribution in [0.3, 0.4) is 0 Å². The highest BCUT2D eigenvalue weighted by atomic mass is 35.5. The van der Waals surface area contributed by atoms with Gasteiger partial charge in [-0.3, -0.25) is 0 Å². The van der Waals surface area contributed by atoms with Crippen LogP contribution in [0.5, 0.6) is 5.75 Å². The number of carbonyl (C=O) groups is 1. The first-order valence-corrected chi connectivity index (χ1v) is 7.08. The molecule has 5 heteroatoms. The molecule has 0 aliphatic carbocycles. The summed E-state index contributed by atoms with van der Waals surface area (Å²) in [5.41, 5.74) is 0.352. The van der Waals surface area contributed by atoms with E-state index in [1.807, 2.05) is 24.3 Å². The lowest BCUT2D eigenvalue weighted by molar-refractivity contribution is -0.139. The Morgan fingerprint density at radius 3 is 2.48 bits per heavy atom. The van der Waals surface area contributed by atoms with Crippen molar-refractivity contribution in [2.24, 2.45) is 0 Å². The summed E-state index contributed by atoms with van der Waals surface area (Å²) in [7, 11) is 0. The van der Waals surface area contributed by atoms with Crippen LogP contribution in [0.1, 0.15) is 6.92 Å². The maximum absolute atomic E-state index is 11.3. The molecule has 0 fully saturated rings. The maximum Gasteiger partial charge on any atom is 0.333 e. The molecule has 0 heterocycles. The molecule has 2 rings (SSSR count). The summed E-state index contributed by atoms with van der Waals surface area (Å²) in [4.78, 5) is 11.3. The quantitative estimate of drug-likeness (QED) is 0.456. The minimum absolute atomic E-state index is 0.124. The Morgan fingerprint density at radius 1 is 1.14 bits per heavy atom. The van der Waals surface area contributed by atoms with Gasteiger partial charge in [0.15, 0.2) is 0 Å².